The summed E-state index contributed by atoms with van der Waals surface area (Å²) in [5.41, 5.74) is 0.557. The first-order valence-electron chi connectivity index (χ1n) is 6.29. The summed E-state index contributed by atoms with van der Waals surface area (Å²) in [5, 5.41) is 14.0. The van der Waals surface area contributed by atoms with Crippen molar-refractivity contribution in [2.75, 3.05) is 19.8 Å². The quantitative estimate of drug-likeness (QED) is 0.299. The summed E-state index contributed by atoms with van der Waals surface area (Å²) >= 11 is 0. The van der Waals surface area contributed by atoms with Gasteiger partial charge in [-0.1, -0.05) is 13.0 Å². The Hall–Kier alpha value is -1.24. The molecule has 0 aromatic heterocycles. The molecule has 6 heteroatoms. The number of hydrazine groups is 1. The van der Waals surface area contributed by atoms with Crippen LogP contribution in [-0.4, -0.2) is 42.2 Å². The lowest BCUT2D eigenvalue weighted by Crippen LogP contribution is -2.30. The zero-order chi connectivity index (χ0) is 14.9. The molecule has 0 aromatic rings. The maximum absolute atomic E-state index is 10.9. The molecule has 6 nitrogen and oxygen atoms in total. The third-order valence-corrected chi connectivity index (χ3v) is 2.66. The Balaban J connectivity index is 4.47. The molecule has 0 fully saturated rings. The number of aliphatic hydroxyl groups is 1. The molecule has 0 bridgehead atoms. The van der Waals surface area contributed by atoms with Crippen molar-refractivity contribution in [2.24, 2.45) is 16.4 Å². The number of nitrogens with zero attached hydrogens (tertiary/aromatic N) is 2. The van der Waals surface area contributed by atoms with Gasteiger partial charge in [-0.2, -0.15) is 10.2 Å². The van der Waals surface area contributed by atoms with Crippen LogP contribution in [-0.2, 0) is 9.53 Å². The molecule has 0 saturated carbocycles. The third-order valence-electron chi connectivity index (χ3n) is 2.66. The van der Waals surface area contributed by atoms with Crippen molar-refractivity contribution < 1.29 is 14.6 Å². The molecule has 0 aliphatic rings. The molecule has 0 aromatic carbocycles. The topological polar surface area (TPSA) is 88.2 Å². The van der Waals surface area contributed by atoms with Crippen LogP contribution in [0, 0.1) is 5.41 Å². The number of carbonyl (C=O) groups is 1. The molecule has 19 heavy (non-hydrogen) atoms. The SMILES string of the molecule is CCOC[C@@](C)(CO)C/C=C(C)/C=N/N(N)C(C)=O. The van der Waals surface area contributed by atoms with Crippen LogP contribution in [0.1, 0.15) is 34.1 Å². The summed E-state index contributed by atoms with van der Waals surface area (Å²) in [5.74, 6) is 5.00. The smallest absolute Gasteiger partial charge is 0.254 e. The van der Waals surface area contributed by atoms with E-state index < -0.39 is 0 Å². The van der Waals surface area contributed by atoms with Crippen LogP contribution in [0.25, 0.3) is 0 Å². The fraction of sp³-hybridized carbons (Fsp3) is 0.692. The van der Waals surface area contributed by atoms with E-state index in [1.165, 1.54) is 13.1 Å². The molecular weight excluding hydrogens is 246 g/mol. The van der Waals surface area contributed by atoms with Crippen molar-refractivity contribution in [3.05, 3.63) is 11.6 Å². The van der Waals surface area contributed by atoms with E-state index in [2.05, 4.69) is 5.10 Å². The fourth-order valence-electron chi connectivity index (χ4n) is 1.21. The average Bonchev–Trinajstić information content (AvgIpc) is 2.40. The predicted molar refractivity (Wildman–Crippen MR) is 75.3 cm³/mol. The van der Waals surface area contributed by atoms with Gasteiger partial charge >= 0.3 is 0 Å². The monoisotopic (exact) mass is 271 g/mol. The minimum atomic E-state index is -0.333. The Bertz CT molecular complexity index is 342. The summed E-state index contributed by atoms with van der Waals surface area (Å²) < 4.78 is 5.36. The third kappa shape index (κ3) is 7.71. The van der Waals surface area contributed by atoms with Gasteiger partial charge in [0.2, 0.25) is 0 Å². The van der Waals surface area contributed by atoms with Gasteiger partial charge in [0.25, 0.3) is 5.91 Å². The number of hydrazone groups is 1. The van der Waals surface area contributed by atoms with Crippen LogP contribution in [0.3, 0.4) is 0 Å². The highest BCUT2D eigenvalue weighted by molar-refractivity contribution is 5.80. The van der Waals surface area contributed by atoms with E-state index in [9.17, 15) is 9.90 Å². The first-order chi connectivity index (χ1) is 8.84. The molecule has 1 atom stereocenters. The van der Waals surface area contributed by atoms with Crippen molar-refractivity contribution in [1.82, 2.24) is 5.12 Å². The van der Waals surface area contributed by atoms with Crippen LogP contribution in [0.15, 0.2) is 16.8 Å². The molecule has 0 heterocycles. The zero-order valence-corrected chi connectivity index (χ0v) is 12.2. The highest BCUT2D eigenvalue weighted by atomic mass is 16.5. The molecule has 0 unspecified atom stereocenters. The maximum atomic E-state index is 10.9. The number of allylic oxidation sites excluding steroid dienone is 2. The molecule has 3 N–H and O–H groups in total. The second-order valence-corrected chi connectivity index (χ2v) is 4.87. The zero-order valence-electron chi connectivity index (χ0n) is 12.2. The largest absolute Gasteiger partial charge is 0.396 e. The van der Waals surface area contributed by atoms with Crippen LogP contribution in [0.4, 0.5) is 0 Å². The predicted octanol–water partition coefficient (Wildman–Crippen LogP) is 1.07. The molecule has 0 saturated heterocycles. The summed E-state index contributed by atoms with van der Waals surface area (Å²) in [6, 6.07) is 0. The van der Waals surface area contributed by atoms with E-state index in [4.69, 9.17) is 10.6 Å². The lowest BCUT2D eigenvalue weighted by Gasteiger charge is -2.25. The standard InChI is InChI=1S/C13H25N3O3/c1-5-19-10-13(4,9-17)7-6-11(2)8-15-16(14)12(3)18/h6,8,17H,5,7,9-10,14H2,1-4H3/b11-6+,15-8+/t13-/m1/s1. The second-order valence-electron chi connectivity index (χ2n) is 4.87. The molecule has 1 amide bonds. The van der Waals surface area contributed by atoms with Crippen molar-refractivity contribution in [3.8, 4) is 0 Å². The summed E-state index contributed by atoms with van der Waals surface area (Å²) in [4.78, 5) is 10.9. The summed E-state index contributed by atoms with van der Waals surface area (Å²) in [7, 11) is 0. The molecule has 0 rings (SSSR count). The number of nitrogens with two attached hydrogens (primary N) is 1. The Labute approximate surface area is 114 Å². The number of aliphatic hydroxyl groups excluding tert-OH is 1. The van der Waals surface area contributed by atoms with E-state index in [-0.39, 0.29) is 17.9 Å². The molecule has 110 valence electrons. The number of hydrogen-bond donors (Lipinski definition) is 2. The second kappa shape index (κ2) is 8.79. The van der Waals surface area contributed by atoms with Gasteiger partial charge in [0, 0.05) is 18.9 Å². The molecule has 0 aliphatic heterocycles. The molecular formula is C13H25N3O3. The Morgan fingerprint density at radius 3 is 2.63 bits per heavy atom. The highest BCUT2D eigenvalue weighted by Crippen LogP contribution is 2.22. The van der Waals surface area contributed by atoms with Crippen LogP contribution < -0.4 is 5.84 Å². The molecule has 0 radical (unpaired) electrons. The number of carbonyl (C=O) groups excluding carboxylic acids is 1. The number of ether oxygens (including phenoxy) is 1. The average molecular weight is 271 g/mol. The van der Waals surface area contributed by atoms with E-state index in [1.807, 2.05) is 26.8 Å². The van der Waals surface area contributed by atoms with Crippen LogP contribution >= 0.6 is 0 Å². The van der Waals surface area contributed by atoms with E-state index in [0.717, 1.165) is 10.7 Å². The lowest BCUT2D eigenvalue weighted by atomic mass is 9.88. The van der Waals surface area contributed by atoms with Gasteiger partial charge in [-0.05, 0) is 25.8 Å². The van der Waals surface area contributed by atoms with Gasteiger partial charge in [0.05, 0.1) is 19.4 Å². The van der Waals surface area contributed by atoms with Crippen molar-refractivity contribution in [2.45, 2.75) is 34.1 Å². The normalized spacial score (nSPS) is 15.6. The van der Waals surface area contributed by atoms with Gasteiger partial charge in [-0.15, -0.1) is 0 Å². The lowest BCUT2D eigenvalue weighted by molar-refractivity contribution is -0.129. The Morgan fingerprint density at radius 2 is 2.16 bits per heavy atom. The number of amides is 1. The van der Waals surface area contributed by atoms with Gasteiger partial charge in [0.15, 0.2) is 0 Å². The maximum Gasteiger partial charge on any atom is 0.254 e. The Morgan fingerprint density at radius 1 is 1.53 bits per heavy atom. The van der Waals surface area contributed by atoms with Gasteiger partial charge in [0.1, 0.15) is 0 Å². The fourth-order valence-corrected chi connectivity index (χ4v) is 1.21. The first kappa shape index (κ1) is 17.8. The van der Waals surface area contributed by atoms with E-state index in [0.29, 0.717) is 19.6 Å². The highest BCUT2D eigenvalue weighted by Gasteiger charge is 2.22. The van der Waals surface area contributed by atoms with Crippen LogP contribution in [0.2, 0.25) is 0 Å². The molecule has 0 aliphatic carbocycles. The summed E-state index contributed by atoms with van der Waals surface area (Å²) in [6.07, 6.45) is 4.11. The van der Waals surface area contributed by atoms with E-state index >= 15 is 0 Å². The van der Waals surface area contributed by atoms with Gasteiger partial charge in [-0.3, -0.25) is 4.79 Å². The number of rotatable bonds is 8. The van der Waals surface area contributed by atoms with Crippen molar-refractivity contribution in [3.63, 3.8) is 0 Å². The van der Waals surface area contributed by atoms with E-state index in [1.54, 1.807) is 0 Å². The number of hydrogen-bond acceptors (Lipinski definition) is 5. The van der Waals surface area contributed by atoms with Gasteiger partial charge < -0.3 is 9.84 Å². The van der Waals surface area contributed by atoms with Crippen molar-refractivity contribution in [1.29, 1.82) is 0 Å². The minimum absolute atomic E-state index is 0.0460. The minimum Gasteiger partial charge on any atom is -0.396 e. The first-order valence-corrected chi connectivity index (χ1v) is 6.29. The van der Waals surface area contributed by atoms with Gasteiger partial charge in [-0.25, -0.2) is 5.84 Å². The van der Waals surface area contributed by atoms with Crippen LogP contribution in [0.5, 0.6) is 0 Å². The van der Waals surface area contributed by atoms with Crippen molar-refractivity contribution >= 4 is 12.1 Å². The Kier molecular flexibility index (Phi) is 8.22. The molecule has 0 spiro atoms. The summed E-state index contributed by atoms with van der Waals surface area (Å²) in [6.45, 7) is 8.23.